The lowest BCUT2D eigenvalue weighted by Gasteiger charge is -2.24. The van der Waals surface area contributed by atoms with Crippen LogP contribution in [0.25, 0.3) is 0 Å². The highest BCUT2D eigenvalue weighted by atomic mass is 35.5. The van der Waals surface area contributed by atoms with Crippen molar-refractivity contribution in [2.75, 3.05) is 36.4 Å². The minimum Gasteiger partial charge on any atom is -0.370 e. The van der Waals surface area contributed by atoms with Crippen LogP contribution in [0.1, 0.15) is 37.0 Å². The molecule has 0 bridgehead atoms. The summed E-state index contributed by atoms with van der Waals surface area (Å²) in [6.07, 6.45) is 1.99. The Kier molecular flexibility index (Phi) is 7.37. The predicted molar refractivity (Wildman–Crippen MR) is 124 cm³/mol. The summed E-state index contributed by atoms with van der Waals surface area (Å²) in [4.78, 5) is 25.6. The molecule has 1 amide bonds. The average Bonchev–Trinajstić information content (AvgIpc) is 3.29. The number of carbonyl (C=O) groups excluding carboxylic acids is 1. The van der Waals surface area contributed by atoms with Crippen molar-refractivity contribution in [1.29, 1.82) is 0 Å². The number of carbonyl (C=O) groups is 1. The van der Waals surface area contributed by atoms with Crippen molar-refractivity contribution >= 4 is 44.6 Å². The molecule has 1 N–H and O–H groups in total. The molecular weight excluding hydrogens is 456 g/mol. The van der Waals surface area contributed by atoms with Gasteiger partial charge in [-0.05, 0) is 43.2 Å². The zero-order valence-electron chi connectivity index (χ0n) is 17.9. The number of nitro benzene ring substituents is 1. The molecule has 1 heterocycles. The molecule has 11 heteroatoms. The molecule has 0 atom stereocenters. The smallest absolute Gasteiger partial charge is 0.288 e. The van der Waals surface area contributed by atoms with Crippen molar-refractivity contribution in [3.8, 4) is 0 Å². The van der Waals surface area contributed by atoms with Crippen molar-refractivity contribution in [1.82, 2.24) is 4.31 Å². The lowest BCUT2D eigenvalue weighted by Crippen LogP contribution is -2.31. The summed E-state index contributed by atoms with van der Waals surface area (Å²) in [6, 6.07) is 8.47. The molecule has 0 aliphatic carbocycles. The van der Waals surface area contributed by atoms with Gasteiger partial charge in [-0.2, -0.15) is 4.31 Å². The van der Waals surface area contributed by atoms with Crippen LogP contribution in [0, 0.1) is 10.1 Å². The molecule has 3 rings (SSSR count). The van der Waals surface area contributed by atoms with Gasteiger partial charge < -0.3 is 10.2 Å². The first kappa shape index (κ1) is 24.0. The Labute approximate surface area is 192 Å². The molecule has 1 aliphatic rings. The highest BCUT2D eigenvalue weighted by molar-refractivity contribution is 7.89. The summed E-state index contributed by atoms with van der Waals surface area (Å²) in [5, 5.41) is 13.8. The van der Waals surface area contributed by atoms with E-state index in [0.717, 1.165) is 32.0 Å². The van der Waals surface area contributed by atoms with Crippen LogP contribution in [0.5, 0.6) is 0 Å². The fourth-order valence-electron chi connectivity index (χ4n) is 3.71. The summed E-state index contributed by atoms with van der Waals surface area (Å²) in [6.45, 7) is 5.74. The lowest BCUT2D eigenvalue weighted by atomic mass is 10.1. The first-order valence-corrected chi connectivity index (χ1v) is 12.1. The molecule has 9 nitrogen and oxygen atoms in total. The van der Waals surface area contributed by atoms with E-state index in [0.29, 0.717) is 24.5 Å². The van der Waals surface area contributed by atoms with E-state index in [2.05, 4.69) is 10.2 Å². The number of nitrogens with zero attached hydrogens (tertiary/aromatic N) is 3. The van der Waals surface area contributed by atoms with Gasteiger partial charge in [-0.15, -0.1) is 0 Å². The van der Waals surface area contributed by atoms with Crippen LogP contribution < -0.4 is 10.2 Å². The number of rotatable bonds is 8. The number of hydrogen-bond donors (Lipinski definition) is 1. The molecule has 1 aliphatic heterocycles. The minimum absolute atomic E-state index is 0.0467. The van der Waals surface area contributed by atoms with Gasteiger partial charge in [-0.3, -0.25) is 14.9 Å². The van der Waals surface area contributed by atoms with E-state index in [4.69, 9.17) is 11.6 Å². The third-order valence-electron chi connectivity index (χ3n) is 5.41. The van der Waals surface area contributed by atoms with Gasteiger partial charge in [0.2, 0.25) is 10.0 Å². The Balaban J connectivity index is 2.02. The van der Waals surface area contributed by atoms with Crippen LogP contribution in [0.15, 0.2) is 41.3 Å². The van der Waals surface area contributed by atoms with Crippen LogP contribution in [-0.2, 0) is 10.0 Å². The minimum atomic E-state index is -3.73. The molecule has 0 saturated carbocycles. The first-order chi connectivity index (χ1) is 15.2. The van der Waals surface area contributed by atoms with Gasteiger partial charge in [0.05, 0.1) is 21.2 Å². The predicted octanol–water partition coefficient (Wildman–Crippen LogP) is 4.13. The molecule has 1 saturated heterocycles. The Morgan fingerprint density at radius 1 is 1.16 bits per heavy atom. The molecule has 32 heavy (non-hydrogen) atoms. The summed E-state index contributed by atoms with van der Waals surface area (Å²) in [7, 11) is -3.73. The van der Waals surface area contributed by atoms with E-state index >= 15 is 0 Å². The molecule has 2 aromatic carbocycles. The van der Waals surface area contributed by atoms with Gasteiger partial charge in [0.15, 0.2) is 0 Å². The van der Waals surface area contributed by atoms with Gasteiger partial charge in [0, 0.05) is 37.8 Å². The summed E-state index contributed by atoms with van der Waals surface area (Å²) in [5.41, 5.74) is 0.711. The summed E-state index contributed by atoms with van der Waals surface area (Å²) >= 11 is 5.84. The second-order valence-electron chi connectivity index (χ2n) is 7.34. The number of benzene rings is 2. The molecule has 0 radical (unpaired) electrons. The number of nitrogens with one attached hydrogen (secondary N) is 1. The van der Waals surface area contributed by atoms with Crippen molar-refractivity contribution in [2.45, 2.75) is 31.6 Å². The van der Waals surface area contributed by atoms with E-state index in [-0.39, 0.29) is 21.2 Å². The van der Waals surface area contributed by atoms with Crippen LogP contribution in [0.3, 0.4) is 0 Å². The van der Waals surface area contributed by atoms with Crippen LogP contribution >= 0.6 is 11.6 Å². The topological polar surface area (TPSA) is 113 Å². The molecular formula is C21H25ClN4O5S. The molecule has 0 aromatic heterocycles. The van der Waals surface area contributed by atoms with Crippen molar-refractivity contribution in [3.05, 3.63) is 57.1 Å². The average molecular weight is 481 g/mol. The normalized spacial score (nSPS) is 14.1. The SMILES string of the molecule is CCN(CC)S(=O)(=O)c1ccc(N2CCCC2)c(NC(=O)c2ccc(Cl)c([N+](=O)[O-])c2)c1. The maximum absolute atomic E-state index is 13.0. The Hall–Kier alpha value is -2.69. The molecule has 172 valence electrons. The summed E-state index contributed by atoms with van der Waals surface area (Å²) in [5.74, 6) is -0.595. The van der Waals surface area contributed by atoms with E-state index in [9.17, 15) is 23.3 Å². The van der Waals surface area contributed by atoms with Crippen LogP contribution in [0.4, 0.5) is 17.1 Å². The maximum atomic E-state index is 13.0. The molecule has 2 aromatic rings. The number of anilines is 2. The zero-order chi connectivity index (χ0) is 23.5. The maximum Gasteiger partial charge on any atom is 0.288 e. The quantitative estimate of drug-likeness (QED) is 0.449. The van der Waals surface area contributed by atoms with Gasteiger partial charge >= 0.3 is 0 Å². The van der Waals surface area contributed by atoms with Gasteiger partial charge in [0.25, 0.3) is 11.6 Å². The number of halogens is 1. The Bertz CT molecular complexity index is 1130. The monoisotopic (exact) mass is 480 g/mol. The molecule has 0 unspecified atom stereocenters. The Morgan fingerprint density at radius 3 is 2.41 bits per heavy atom. The van der Waals surface area contributed by atoms with Gasteiger partial charge in [-0.1, -0.05) is 25.4 Å². The van der Waals surface area contributed by atoms with E-state index in [1.54, 1.807) is 26.0 Å². The standard InChI is InChI=1S/C21H25ClN4O5S/c1-3-25(4-2)32(30,31)16-8-10-19(24-11-5-6-12-24)18(14-16)23-21(27)15-7-9-17(22)20(13-15)26(28)29/h7-10,13-14H,3-6,11-12H2,1-2H3,(H,23,27). The fourth-order valence-corrected chi connectivity index (χ4v) is 5.38. The molecule has 1 fully saturated rings. The van der Waals surface area contributed by atoms with Crippen molar-refractivity contribution in [2.24, 2.45) is 0 Å². The van der Waals surface area contributed by atoms with Gasteiger partial charge in [0.1, 0.15) is 5.02 Å². The van der Waals surface area contributed by atoms with E-state index < -0.39 is 20.9 Å². The third kappa shape index (κ3) is 4.87. The van der Waals surface area contributed by atoms with Crippen LogP contribution in [0.2, 0.25) is 5.02 Å². The number of sulfonamides is 1. The van der Waals surface area contributed by atoms with Gasteiger partial charge in [-0.25, -0.2) is 8.42 Å². The summed E-state index contributed by atoms with van der Waals surface area (Å²) < 4.78 is 27.3. The second kappa shape index (κ2) is 9.85. The highest BCUT2D eigenvalue weighted by Gasteiger charge is 2.25. The fraction of sp³-hybridized carbons (Fsp3) is 0.381. The highest BCUT2D eigenvalue weighted by Crippen LogP contribution is 2.33. The lowest BCUT2D eigenvalue weighted by molar-refractivity contribution is -0.384. The van der Waals surface area contributed by atoms with E-state index in [1.807, 2.05) is 0 Å². The largest absolute Gasteiger partial charge is 0.370 e. The van der Waals surface area contributed by atoms with Crippen molar-refractivity contribution < 1.29 is 18.1 Å². The molecule has 0 spiro atoms. The van der Waals surface area contributed by atoms with Crippen molar-refractivity contribution in [3.63, 3.8) is 0 Å². The number of hydrogen-bond acceptors (Lipinski definition) is 6. The van der Waals surface area contributed by atoms with E-state index in [1.165, 1.54) is 22.5 Å². The van der Waals surface area contributed by atoms with Crippen LogP contribution in [-0.4, -0.2) is 49.7 Å². The number of amides is 1. The third-order valence-corrected chi connectivity index (χ3v) is 7.78. The second-order valence-corrected chi connectivity index (χ2v) is 9.68. The Morgan fingerprint density at radius 2 is 1.81 bits per heavy atom. The zero-order valence-corrected chi connectivity index (χ0v) is 19.4. The number of nitro groups is 1. The first-order valence-electron chi connectivity index (χ1n) is 10.3.